The zero-order valence-corrected chi connectivity index (χ0v) is 13.7. The largest absolute Gasteiger partial charge is 0.444 e. The minimum absolute atomic E-state index is 0.0233. The third-order valence-corrected chi connectivity index (χ3v) is 3.31. The maximum atomic E-state index is 12.2. The van der Waals surface area contributed by atoms with Crippen LogP contribution in [0.5, 0.6) is 0 Å². The molecule has 1 unspecified atom stereocenters. The quantitative estimate of drug-likeness (QED) is 0.755. The second-order valence-corrected chi connectivity index (χ2v) is 6.51. The van der Waals surface area contributed by atoms with Crippen LogP contribution in [0.2, 0.25) is 0 Å². The first-order valence-electron chi connectivity index (χ1n) is 7.74. The number of carbonyl (C=O) groups is 2. The lowest BCUT2D eigenvalue weighted by Gasteiger charge is -2.36. The highest BCUT2D eigenvalue weighted by molar-refractivity contribution is 5.72. The van der Waals surface area contributed by atoms with Crippen LogP contribution in [-0.2, 0) is 9.53 Å². The topological polar surface area (TPSA) is 70.7 Å². The van der Waals surface area contributed by atoms with Gasteiger partial charge in [0.2, 0.25) is 5.91 Å². The van der Waals surface area contributed by atoms with E-state index in [2.05, 4.69) is 10.6 Å². The highest BCUT2D eigenvalue weighted by atomic mass is 16.6. The van der Waals surface area contributed by atoms with Crippen molar-refractivity contribution in [2.45, 2.75) is 58.6 Å². The fourth-order valence-corrected chi connectivity index (χ4v) is 2.37. The molecule has 0 aromatic carbocycles. The molecule has 0 aromatic rings. The van der Waals surface area contributed by atoms with Crippen molar-refractivity contribution in [3.63, 3.8) is 0 Å². The number of hydrogen-bond donors (Lipinski definition) is 2. The molecule has 2 N–H and O–H groups in total. The average molecular weight is 299 g/mol. The van der Waals surface area contributed by atoms with Gasteiger partial charge in [0.05, 0.1) is 0 Å². The van der Waals surface area contributed by atoms with Crippen molar-refractivity contribution in [2.75, 3.05) is 26.2 Å². The standard InChI is InChI=1S/C15H29N3O3/c1-12(19)17-9-8-16-11-13-7-5-6-10-18(13)14(20)21-15(2,3)4/h13,16H,5-11H2,1-4H3,(H,17,19). The van der Waals surface area contributed by atoms with Crippen molar-refractivity contribution in [1.82, 2.24) is 15.5 Å². The van der Waals surface area contributed by atoms with Gasteiger partial charge < -0.3 is 20.3 Å². The SMILES string of the molecule is CC(=O)NCCNCC1CCCCN1C(=O)OC(C)(C)C. The van der Waals surface area contributed by atoms with Gasteiger partial charge in [-0.1, -0.05) is 0 Å². The second kappa shape index (κ2) is 8.22. The molecule has 0 radical (unpaired) electrons. The van der Waals surface area contributed by atoms with E-state index in [0.717, 1.165) is 32.4 Å². The Balaban J connectivity index is 2.38. The van der Waals surface area contributed by atoms with Crippen LogP contribution in [0.25, 0.3) is 0 Å². The van der Waals surface area contributed by atoms with Crippen LogP contribution in [0, 0.1) is 0 Å². The summed E-state index contributed by atoms with van der Waals surface area (Å²) < 4.78 is 5.47. The Morgan fingerprint density at radius 3 is 2.57 bits per heavy atom. The van der Waals surface area contributed by atoms with Crippen LogP contribution in [-0.4, -0.2) is 54.7 Å². The van der Waals surface area contributed by atoms with Crippen molar-refractivity contribution in [3.05, 3.63) is 0 Å². The number of nitrogens with one attached hydrogen (secondary N) is 2. The molecule has 1 atom stereocenters. The number of rotatable bonds is 5. The molecule has 0 bridgehead atoms. The monoisotopic (exact) mass is 299 g/mol. The Morgan fingerprint density at radius 1 is 1.24 bits per heavy atom. The van der Waals surface area contributed by atoms with E-state index in [-0.39, 0.29) is 18.0 Å². The molecule has 1 aliphatic rings. The molecule has 1 heterocycles. The van der Waals surface area contributed by atoms with Crippen LogP contribution < -0.4 is 10.6 Å². The molecule has 1 saturated heterocycles. The summed E-state index contributed by atoms with van der Waals surface area (Å²) in [7, 11) is 0. The van der Waals surface area contributed by atoms with Crippen LogP contribution >= 0.6 is 0 Å². The molecule has 0 aliphatic carbocycles. The van der Waals surface area contributed by atoms with Crippen LogP contribution in [0.4, 0.5) is 4.79 Å². The predicted octanol–water partition coefficient (Wildman–Crippen LogP) is 1.50. The lowest BCUT2D eigenvalue weighted by Crippen LogP contribution is -2.50. The number of piperidine rings is 1. The van der Waals surface area contributed by atoms with E-state index >= 15 is 0 Å². The van der Waals surface area contributed by atoms with Crippen LogP contribution in [0.1, 0.15) is 47.0 Å². The summed E-state index contributed by atoms with van der Waals surface area (Å²) in [5, 5.41) is 6.04. The van der Waals surface area contributed by atoms with Crippen LogP contribution in [0.3, 0.4) is 0 Å². The van der Waals surface area contributed by atoms with Crippen LogP contribution in [0.15, 0.2) is 0 Å². The van der Waals surface area contributed by atoms with Crippen molar-refractivity contribution >= 4 is 12.0 Å². The maximum absolute atomic E-state index is 12.2. The molecular formula is C15H29N3O3. The summed E-state index contributed by atoms with van der Waals surface area (Å²) in [6, 6.07) is 0.172. The highest BCUT2D eigenvalue weighted by Crippen LogP contribution is 2.19. The Bertz CT molecular complexity index is 353. The van der Waals surface area contributed by atoms with Gasteiger partial charge in [0, 0.05) is 39.1 Å². The third kappa shape index (κ3) is 7.32. The third-order valence-electron chi connectivity index (χ3n) is 3.31. The molecule has 2 amide bonds. The van der Waals surface area contributed by atoms with E-state index < -0.39 is 5.60 Å². The van der Waals surface area contributed by atoms with Crippen molar-refractivity contribution < 1.29 is 14.3 Å². The number of amides is 2. The maximum Gasteiger partial charge on any atom is 0.410 e. The summed E-state index contributed by atoms with van der Waals surface area (Å²) in [5.74, 6) is -0.0233. The smallest absolute Gasteiger partial charge is 0.410 e. The van der Waals surface area contributed by atoms with Crippen molar-refractivity contribution in [1.29, 1.82) is 0 Å². The number of likely N-dealkylation sites (tertiary alicyclic amines) is 1. The molecule has 0 spiro atoms. The average Bonchev–Trinajstić information content (AvgIpc) is 2.36. The van der Waals surface area contributed by atoms with Gasteiger partial charge in [-0.15, -0.1) is 0 Å². The molecule has 1 rings (SSSR count). The molecule has 1 aliphatic heterocycles. The first kappa shape index (κ1) is 17.8. The number of nitrogens with zero attached hydrogens (tertiary/aromatic N) is 1. The zero-order chi connectivity index (χ0) is 15.9. The minimum atomic E-state index is -0.460. The molecule has 6 heteroatoms. The van der Waals surface area contributed by atoms with E-state index in [1.807, 2.05) is 25.7 Å². The Hall–Kier alpha value is -1.30. The molecule has 0 aromatic heterocycles. The minimum Gasteiger partial charge on any atom is -0.444 e. The molecule has 6 nitrogen and oxygen atoms in total. The molecule has 1 fully saturated rings. The second-order valence-electron chi connectivity index (χ2n) is 6.51. The van der Waals surface area contributed by atoms with Crippen molar-refractivity contribution in [3.8, 4) is 0 Å². The fourth-order valence-electron chi connectivity index (χ4n) is 2.37. The fraction of sp³-hybridized carbons (Fsp3) is 0.867. The van der Waals surface area contributed by atoms with Gasteiger partial charge in [0.1, 0.15) is 5.60 Å². The van der Waals surface area contributed by atoms with Gasteiger partial charge in [-0.3, -0.25) is 4.79 Å². The predicted molar refractivity (Wildman–Crippen MR) is 82.1 cm³/mol. The van der Waals surface area contributed by atoms with Gasteiger partial charge in [0.15, 0.2) is 0 Å². The summed E-state index contributed by atoms with van der Waals surface area (Å²) >= 11 is 0. The number of ether oxygens (including phenoxy) is 1. The van der Waals surface area contributed by atoms with E-state index in [4.69, 9.17) is 4.74 Å². The summed E-state index contributed by atoms with van der Waals surface area (Å²) in [6.45, 7) is 9.96. The van der Waals surface area contributed by atoms with E-state index in [1.54, 1.807) is 0 Å². The zero-order valence-electron chi connectivity index (χ0n) is 13.7. The Morgan fingerprint density at radius 2 is 1.95 bits per heavy atom. The summed E-state index contributed by atoms with van der Waals surface area (Å²) in [6.07, 6.45) is 2.93. The lowest BCUT2D eigenvalue weighted by molar-refractivity contribution is -0.118. The van der Waals surface area contributed by atoms with E-state index in [1.165, 1.54) is 6.92 Å². The van der Waals surface area contributed by atoms with Gasteiger partial charge in [-0.05, 0) is 40.0 Å². The summed E-state index contributed by atoms with van der Waals surface area (Å²) in [4.78, 5) is 24.8. The first-order chi connectivity index (χ1) is 9.79. The van der Waals surface area contributed by atoms with Gasteiger partial charge >= 0.3 is 6.09 Å². The van der Waals surface area contributed by atoms with Gasteiger partial charge in [-0.2, -0.15) is 0 Å². The number of carbonyl (C=O) groups excluding carboxylic acids is 2. The number of hydrogen-bond acceptors (Lipinski definition) is 4. The van der Waals surface area contributed by atoms with E-state index in [0.29, 0.717) is 13.1 Å². The summed E-state index contributed by atoms with van der Waals surface area (Å²) in [5.41, 5.74) is -0.460. The molecular weight excluding hydrogens is 270 g/mol. The first-order valence-corrected chi connectivity index (χ1v) is 7.74. The van der Waals surface area contributed by atoms with E-state index in [9.17, 15) is 9.59 Å². The van der Waals surface area contributed by atoms with Gasteiger partial charge in [0.25, 0.3) is 0 Å². The Kier molecular flexibility index (Phi) is 6.95. The van der Waals surface area contributed by atoms with Gasteiger partial charge in [-0.25, -0.2) is 4.79 Å². The normalized spacial score (nSPS) is 19.2. The lowest BCUT2D eigenvalue weighted by atomic mass is 10.0. The molecule has 21 heavy (non-hydrogen) atoms. The molecule has 122 valence electrons. The Labute approximate surface area is 127 Å². The van der Waals surface area contributed by atoms with Crippen molar-refractivity contribution in [2.24, 2.45) is 0 Å². The molecule has 0 saturated carbocycles. The highest BCUT2D eigenvalue weighted by Gasteiger charge is 2.29.